The van der Waals surface area contributed by atoms with Gasteiger partial charge in [0.2, 0.25) is 0 Å². The lowest BCUT2D eigenvalue weighted by Crippen LogP contribution is -2.15. The van der Waals surface area contributed by atoms with Crippen LogP contribution in [0.15, 0.2) is 280 Å². The van der Waals surface area contributed by atoms with Gasteiger partial charge in [0.05, 0.1) is 11.0 Å². The van der Waals surface area contributed by atoms with E-state index in [1.807, 2.05) is 23.5 Å². The smallest absolute Gasteiger partial charge is 0.0622 e. The number of fused-ring (bicyclic) bond motifs is 9. The van der Waals surface area contributed by atoms with Crippen LogP contribution in [0.1, 0.15) is 25.0 Å². The maximum absolute atomic E-state index is 2.52. The van der Waals surface area contributed by atoms with Crippen LogP contribution in [0.4, 0.5) is 34.1 Å². The Morgan fingerprint density at radius 2 is 0.757 bits per heavy atom. The summed E-state index contributed by atoms with van der Waals surface area (Å²) >= 11 is 3.81. The summed E-state index contributed by atoms with van der Waals surface area (Å²) in [6, 6.07) is 95.3. The third-order valence-corrected chi connectivity index (χ3v) is 17.6. The van der Waals surface area contributed by atoms with Crippen molar-refractivity contribution in [3.05, 3.63) is 272 Å². The van der Waals surface area contributed by atoms with Crippen molar-refractivity contribution in [2.75, 3.05) is 9.80 Å². The number of hydrogen-bond donors (Lipinski definition) is 0. The summed E-state index contributed by atoms with van der Waals surface area (Å²) in [5, 5.41) is 2.55. The second-order valence-corrected chi connectivity index (χ2v) is 21.9. The summed E-state index contributed by atoms with van der Waals surface area (Å²) in [7, 11) is 0. The number of hydrogen-bond acceptors (Lipinski definition) is 4. The quantitative estimate of drug-likeness (QED) is 0.143. The fourth-order valence-electron chi connectivity index (χ4n) is 11.4. The van der Waals surface area contributed by atoms with E-state index in [0.717, 1.165) is 45.4 Å². The van der Waals surface area contributed by atoms with E-state index in [1.54, 1.807) is 0 Å². The Morgan fingerprint density at radius 3 is 1.30 bits per heavy atom. The molecular formula is C69H49N3S2. The molecule has 1 aliphatic heterocycles. The van der Waals surface area contributed by atoms with Crippen LogP contribution in [0.5, 0.6) is 0 Å². The summed E-state index contributed by atoms with van der Waals surface area (Å²) in [5.74, 6) is 0. The summed E-state index contributed by atoms with van der Waals surface area (Å²) < 4.78 is 2.52. The van der Waals surface area contributed by atoms with Crippen LogP contribution < -0.4 is 9.80 Å². The zero-order valence-corrected chi connectivity index (χ0v) is 42.6. The maximum Gasteiger partial charge on any atom is 0.0622 e. The zero-order valence-electron chi connectivity index (χ0n) is 41.0. The van der Waals surface area contributed by atoms with E-state index in [1.165, 1.54) is 80.3 Å². The minimum Gasteiger partial charge on any atom is -0.311 e. The predicted octanol–water partition coefficient (Wildman–Crippen LogP) is 20.0. The molecule has 352 valence electrons. The van der Waals surface area contributed by atoms with Crippen molar-refractivity contribution < 1.29 is 0 Å². The van der Waals surface area contributed by atoms with E-state index in [-0.39, 0.29) is 5.41 Å². The average molecular weight is 984 g/mol. The first-order valence-electron chi connectivity index (χ1n) is 25.3. The van der Waals surface area contributed by atoms with Crippen LogP contribution in [-0.2, 0) is 5.41 Å². The van der Waals surface area contributed by atoms with Gasteiger partial charge in [-0.05, 0) is 154 Å². The lowest BCUT2D eigenvalue weighted by Gasteiger charge is -2.28. The van der Waals surface area contributed by atoms with Gasteiger partial charge in [-0.1, -0.05) is 183 Å². The fraction of sp³-hybridized carbons (Fsp3) is 0.0435. The van der Waals surface area contributed by atoms with Crippen LogP contribution >= 0.6 is 23.5 Å². The molecule has 1 aromatic heterocycles. The van der Waals surface area contributed by atoms with E-state index in [0.29, 0.717) is 0 Å². The van der Waals surface area contributed by atoms with Crippen LogP contribution in [0, 0.1) is 0 Å². The molecule has 12 aromatic rings. The first-order valence-corrected chi connectivity index (χ1v) is 26.9. The van der Waals surface area contributed by atoms with Crippen molar-refractivity contribution in [3.63, 3.8) is 0 Å². The van der Waals surface area contributed by atoms with Crippen molar-refractivity contribution in [1.82, 2.24) is 4.57 Å². The number of benzene rings is 11. The summed E-state index contributed by atoms with van der Waals surface area (Å²) in [4.78, 5) is 10.0. The molecule has 0 fully saturated rings. The topological polar surface area (TPSA) is 11.4 Å². The van der Waals surface area contributed by atoms with E-state index in [2.05, 4.69) is 289 Å². The predicted molar refractivity (Wildman–Crippen MR) is 313 cm³/mol. The molecule has 0 saturated carbocycles. The summed E-state index contributed by atoms with van der Waals surface area (Å²) in [6.45, 7) is 4.81. The van der Waals surface area contributed by atoms with Crippen molar-refractivity contribution in [3.8, 4) is 39.1 Å². The molecule has 0 unspecified atom stereocenters. The van der Waals surface area contributed by atoms with Gasteiger partial charge in [0, 0.05) is 81.1 Å². The van der Waals surface area contributed by atoms with Gasteiger partial charge in [0.1, 0.15) is 0 Å². The van der Waals surface area contributed by atoms with Crippen molar-refractivity contribution in [2.24, 2.45) is 0 Å². The molecule has 0 spiro atoms. The highest BCUT2D eigenvalue weighted by Crippen LogP contribution is 2.58. The first kappa shape index (κ1) is 44.2. The molecule has 0 bridgehead atoms. The highest BCUT2D eigenvalue weighted by atomic mass is 32.2. The third kappa shape index (κ3) is 7.45. The van der Waals surface area contributed by atoms with Crippen molar-refractivity contribution >= 4 is 79.5 Å². The molecule has 0 radical (unpaired) electrons. The number of anilines is 6. The second kappa shape index (κ2) is 17.9. The van der Waals surface area contributed by atoms with Crippen LogP contribution in [-0.4, -0.2) is 4.57 Å². The van der Waals surface area contributed by atoms with E-state index in [9.17, 15) is 0 Å². The van der Waals surface area contributed by atoms with Crippen LogP contribution in [0.3, 0.4) is 0 Å². The average Bonchev–Trinajstić information content (AvgIpc) is 3.97. The Labute approximate surface area is 441 Å². The van der Waals surface area contributed by atoms with Gasteiger partial charge in [-0.3, -0.25) is 0 Å². The first-order chi connectivity index (χ1) is 36.4. The van der Waals surface area contributed by atoms with Crippen LogP contribution in [0.2, 0.25) is 0 Å². The Bertz CT molecular complexity index is 4020. The molecule has 0 N–H and O–H groups in total. The zero-order chi connectivity index (χ0) is 49.3. The Morgan fingerprint density at radius 1 is 0.338 bits per heavy atom. The Kier molecular flexibility index (Phi) is 10.7. The normalized spacial score (nSPS) is 13.0. The highest BCUT2D eigenvalue weighted by molar-refractivity contribution is 8.05. The fourth-order valence-corrected chi connectivity index (χ4v) is 13.7. The molecule has 2 heterocycles. The molecule has 3 nitrogen and oxygen atoms in total. The third-order valence-electron chi connectivity index (χ3n) is 15.0. The molecule has 74 heavy (non-hydrogen) atoms. The van der Waals surface area contributed by atoms with Gasteiger partial charge < -0.3 is 14.4 Å². The second-order valence-electron chi connectivity index (χ2n) is 19.7. The minimum absolute atomic E-state index is 0.149. The molecule has 2 aliphatic rings. The largest absolute Gasteiger partial charge is 0.311 e. The van der Waals surface area contributed by atoms with Gasteiger partial charge in [-0.15, -0.1) is 0 Å². The highest BCUT2D eigenvalue weighted by Gasteiger charge is 2.39. The molecule has 14 rings (SSSR count). The van der Waals surface area contributed by atoms with E-state index in [4.69, 9.17) is 0 Å². The molecule has 1 aliphatic carbocycles. The summed E-state index contributed by atoms with van der Waals surface area (Å²) in [6.07, 6.45) is 0. The monoisotopic (exact) mass is 983 g/mol. The molecule has 0 amide bonds. The number of para-hydroxylation sites is 3. The van der Waals surface area contributed by atoms with Crippen LogP contribution in [0.25, 0.3) is 60.9 Å². The van der Waals surface area contributed by atoms with E-state index < -0.39 is 0 Å². The SMILES string of the molecule is CC1(C)c2cc3c(cc2-c2c1ccc1c4ccccc4n(-c4ccc(-c5ccc(N(c6ccc(-c7ccccc7)cc6)c6ccc(N(c7ccccc7)c7ccccc7)cc6)cc5)cc4)c21)Sc1ccccc1S3. The molecule has 5 heteroatoms. The van der Waals surface area contributed by atoms with Gasteiger partial charge >= 0.3 is 0 Å². The van der Waals surface area contributed by atoms with Gasteiger partial charge in [0.25, 0.3) is 0 Å². The summed E-state index contributed by atoms with van der Waals surface area (Å²) in [5.41, 5.74) is 20.3. The minimum atomic E-state index is -0.149. The number of aromatic nitrogens is 1. The van der Waals surface area contributed by atoms with Gasteiger partial charge in [-0.25, -0.2) is 0 Å². The lowest BCUT2D eigenvalue weighted by atomic mass is 9.82. The maximum atomic E-state index is 2.52. The Hall–Kier alpha value is -8.48. The lowest BCUT2D eigenvalue weighted by molar-refractivity contribution is 0.658. The molecule has 11 aromatic carbocycles. The molecular weight excluding hydrogens is 935 g/mol. The Balaban J connectivity index is 0.828. The van der Waals surface area contributed by atoms with Gasteiger partial charge in [0.15, 0.2) is 0 Å². The molecule has 0 atom stereocenters. The number of nitrogens with zero attached hydrogens (tertiary/aromatic N) is 3. The van der Waals surface area contributed by atoms with Crippen molar-refractivity contribution in [1.29, 1.82) is 0 Å². The standard InChI is InChI=1S/C69H49N3S2/c1-69(2)60-43-42-58-57-22-12-13-23-62(57)72(68(58)67(60)59-44-65-66(45-61(59)69)74-64-25-15-14-24-63(64)73-65)56-36-30-49(31-37-56)48-28-34-53(35-29-48)71(52-32-26-47(27-33-52)46-16-6-3-7-17-46)55-40-38-54(39-41-55)70(50-18-8-4-9-19-50)51-20-10-5-11-21-51/h3-45H,1-2H3. The number of rotatable bonds is 9. The molecule has 0 saturated heterocycles. The van der Waals surface area contributed by atoms with Crippen molar-refractivity contribution in [2.45, 2.75) is 38.8 Å². The van der Waals surface area contributed by atoms with E-state index >= 15 is 0 Å². The van der Waals surface area contributed by atoms with Gasteiger partial charge in [-0.2, -0.15) is 0 Å².